The van der Waals surface area contributed by atoms with E-state index in [1.54, 1.807) is 18.2 Å². The Labute approximate surface area is 160 Å². The van der Waals surface area contributed by atoms with Crippen LogP contribution in [-0.2, 0) is 11.2 Å². The Morgan fingerprint density at radius 2 is 1.89 bits per heavy atom. The first-order chi connectivity index (χ1) is 13.0. The van der Waals surface area contributed by atoms with Crippen LogP contribution in [0.4, 0.5) is 5.69 Å². The summed E-state index contributed by atoms with van der Waals surface area (Å²) in [4.78, 5) is 16.2. The highest BCUT2D eigenvalue weighted by atomic mass is 16.5. The van der Waals surface area contributed by atoms with Crippen molar-refractivity contribution in [3.05, 3.63) is 82.7 Å². The summed E-state index contributed by atoms with van der Waals surface area (Å²) in [6.45, 7) is 6.38. The van der Waals surface area contributed by atoms with E-state index in [9.17, 15) is 4.79 Å². The molecular formula is C23H24N2O2. The maximum absolute atomic E-state index is 11.7. The van der Waals surface area contributed by atoms with Crippen molar-refractivity contribution in [1.29, 1.82) is 0 Å². The van der Waals surface area contributed by atoms with Crippen molar-refractivity contribution in [3.8, 4) is 5.69 Å². The zero-order valence-corrected chi connectivity index (χ0v) is 16.2. The van der Waals surface area contributed by atoms with Crippen molar-refractivity contribution < 1.29 is 9.53 Å². The Bertz CT molecular complexity index is 999. The molecule has 4 nitrogen and oxygen atoms in total. The van der Waals surface area contributed by atoms with Crippen LogP contribution in [0.2, 0.25) is 0 Å². The summed E-state index contributed by atoms with van der Waals surface area (Å²) < 4.78 is 7.04. The van der Waals surface area contributed by atoms with E-state index in [0.29, 0.717) is 5.56 Å². The fourth-order valence-corrected chi connectivity index (χ4v) is 3.29. The average molecular weight is 360 g/mol. The summed E-state index contributed by atoms with van der Waals surface area (Å²) in [5.41, 5.74) is 7.10. The van der Waals surface area contributed by atoms with E-state index in [1.807, 2.05) is 12.3 Å². The van der Waals surface area contributed by atoms with Gasteiger partial charge in [0.15, 0.2) is 0 Å². The normalized spacial score (nSPS) is 11.1. The molecule has 1 heterocycles. The highest BCUT2D eigenvalue weighted by Gasteiger charge is 2.12. The van der Waals surface area contributed by atoms with Crippen LogP contribution in [0.3, 0.4) is 0 Å². The molecule has 138 valence electrons. The van der Waals surface area contributed by atoms with E-state index in [0.717, 1.165) is 29.1 Å². The molecule has 27 heavy (non-hydrogen) atoms. The lowest BCUT2D eigenvalue weighted by Crippen LogP contribution is -2.03. The number of aryl methyl sites for hydroxylation is 2. The zero-order chi connectivity index (χ0) is 19.4. The Hall–Kier alpha value is -3.14. The monoisotopic (exact) mass is 360 g/mol. The van der Waals surface area contributed by atoms with Crippen LogP contribution in [0.1, 0.15) is 39.8 Å². The van der Waals surface area contributed by atoms with Gasteiger partial charge in [0.25, 0.3) is 0 Å². The smallest absolute Gasteiger partial charge is 0.337 e. The van der Waals surface area contributed by atoms with Gasteiger partial charge >= 0.3 is 5.97 Å². The Kier molecular flexibility index (Phi) is 5.55. The third kappa shape index (κ3) is 3.85. The summed E-state index contributed by atoms with van der Waals surface area (Å²) >= 11 is 0. The number of aliphatic imine (C=N–C) groups is 1. The highest BCUT2D eigenvalue weighted by molar-refractivity contribution is 5.91. The number of benzene rings is 2. The second-order valence-electron chi connectivity index (χ2n) is 6.44. The van der Waals surface area contributed by atoms with E-state index in [2.05, 4.69) is 60.7 Å². The molecule has 0 saturated carbocycles. The van der Waals surface area contributed by atoms with Gasteiger partial charge in [0.05, 0.1) is 18.4 Å². The molecular weight excluding hydrogens is 336 g/mol. The Morgan fingerprint density at radius 3 is 2.63 bits per heavy atom. The second-order valence-corrected chi connectivity index (χ2v) is 6.44. The number of methoxy groups -OCH3 is 1. The SMILES string of the molecule is CCc1ccccc1-n1c(C)cc(C=Nc2cccc(C(=O)OC)c2)c1C. The van der Waals surface area contributed by atoms with E-state index < -0.39 is 0 Å². The first-order valence-electron chi connectivity index (χ1n) is 9.04. The molecule has 1 aromatic heterocycles. The first-order valence-corrected chi connectivity index (χ1v) is 9.04. The molecule has 0 aliphatic heterocycles. The van der Waals surface area contributed by atoms with Gasteiger partial charge in [-0.25, -0.2) is 4.79 Å². The average Bonchev–Trinajstić information content (AvgIpc) is 2.99. The van der Waals surface area contributed by atoms with Crippen molar-refractivity contribution in [2.75, 3.05) is 7.11 Å². The van der Waals surface area contributed by atoms with E-state index in [1.165, 1.54) is 18.4 Å². The predicted molar refractivity (Wildman–Crippen MR) is 110 cm³/mol. The molecule has 0 atom stereocenters. The molecule has 0 aliphatic rings. The lowest BCUT2D eigenvalue weighted by atomic mass is 10.1. The number of carbonyl (C=O) groups excluding carboxylic acids is 1. The van der Waals surface area contributed by atoms with Gasteiger partial charge in [-0.1, -0.05) is 31.2 Å². The number of hydrogen-bond acceptors (Lipinski definition) is 3. The molecule has 2 aromatic carbocycles. The third-order valence-corrected chi connectivity index (χ3v) is 4.70. The zero-order valence-electron chi connectivity index (χ0n) is 16.2. The van der Waals surface area contributed by atoms with Crippen LogP contribution in [0.5, 0.6) is 0 Å². The number of para-hydroxylation sites is 1. The fraction of sp³-hybridized carbons (Fsp3) is 0.217. The quantitative estimate of drug-likeness (QED) is 0.464. The number of ether oxygens (including phenoxy) is 1. The Morgan fingerprint density at radius 1 is 1.11 bits per heavy atom. The molecule has 0 unspecified atom stereocenters. The molecule has 0 amide bonds. The summed E-state index contributed by atoms with van der Waals surface area (Å²) in [5.74, 6) is -0.360. The second kappa shape index (κ2) is 8.04. The minimum Gasteiger partial charge on any atom is -0.465 e. The number of carbonyl (C=O) groups is 1. The van der Waals surface area contributed by atoms with Crippen LogP contribution < -0.4 is 0 Å². The van der Waals surface area contributed by atoms with Gasteiger partial charge in [-0.15, -0.1) is 0 Å². The molecule has 3 aromatic rings. The van der Waals surface area contributed by atoms with Crippen molar-refractivity contribution in [1.82, 2.24) is 4.57 Å². The summed E-state index contributed by atoms with van der Waals surface area (Å²) in [7, 11) is 1.38. The van der Waals surface area contributed by atoms with Crippen LogP contribution in [0.25, 0.3) is 5.69 Å². The molecule has 0 N–H and O–H groups in total. The van der Waals surface area contributed by atoms with E-state index in [4.69, 9.17) is 4.74 Å². The molecule has 0 radical (unpaired) electrons. The minimum atomic E-state index is -0.360. The van der Waals surface area contributed by atoms with Gasteiger partial charge in [0.1, 0.15) is 0 Å². The highest BCUT2D eigenvalue weighted by Crippen LogP contribution is 2.24. The summed E-state index contributed by atoms with van der Waals surface area (Å²) in [5, 5.41) is 0. The van der Waals surface area contributed by atoms with E-state index >= 15 is 0 Å². The van der Waals surface area contributed by atoms with Gasteiger partial charge in [-0.05, 0) is 56.2 Å². The predicted octanol–water partition coefficient (Wildman–Crippen LogP) is 5.19. The van der Waals surface area contributed by atoms with Crippen LogP contribution in [0.15, 0.2) is 59.6 Å². The lowest BCUT2D eigenvalue weighted by molar-refractivity contribution is 0.0601. The van der Waals surface area contributed by atoms with Crippen LogP contribution in [0, 0.1) is 13.8 Å². The van der Waals surface area contributed by atoms with Gasteiger partial charge < -0.3 is 9.30 Å². The van der Waals surface area contributed by atoms with Crippen molar-refractivity contribution in [2.45, 2.75) is 27.2 Å². The lowest BCUT2D eigenvalue weighted by Gasteiger charge is -2.13. The van der Waals surface area contributed by atoms with Crippen LogP contribution in [-0.4, -0.2) is 23.9 Å². The maximum Gasteiger partial charge on any atom is 0.337 e. The number of esters is 1. The molecule has 0 spiro atoms. The Balaban J connectivity index is 1.96. The van der Waals surface area contributed by atoms with Crippen molar-refractivity contribution in [3.63, 3.8) is 0 Å². The molecule has 0 bridgehead atoms. The van der Waals surface area contributed by atoms with Crippen molar-refractivity contribution in [2.24, 2.45) is 4.99 Å². The maximum atomic E-state index is 11.7. The summed E-state index contributed by atoms with van der Waals surface area (Å²) in [6, 6.07) is 17.7. The minimum absolute atomic E-state index is 0.360. The molecule has 0 saturated heterocycles. The van der Waals surface area contributed by atoms with Crippen LogP contribution >= 0.6 is 0 Å². The topological polar surface area (TPSA) is 43.6 Å². The largest absolute Gasteiger partial charge is 0.465 e. The van der Waals surface area contributed by atoms with Gasteiger partial charge in [-0.3, -0.25) is 4.99 Å². The molecule has 0 fully saturated rings. The molecule has 4 heteroatoms. The molecule has 3 rings (SSSR count). The number of aromatic nitrogens is 1. The van der Waals surface area contributed by atoms with Gasteiger partial charge in [-0.2, -0.15) is 0 Å². The number of rotatable bonds is 5. The summed E-state index contributed by atoms with van der Waals surface area (Å²) in [6.07, 6.45) is 2.83. The number of nitrogens with zero attached hydrogens (tertiary/aromatic N) is 2. The standard InChI is InChI=1S/C23H24N2O2/c1-5-18-9-6-7-12-22(18)25-16(2)13-20(17(25)3)15-24-21-11-8-10-19(14-21)23(26)27-4/h6-15H,5H2,1-4H3. The molecule has 0 aliphatic carbocycles. The third-order valence-electron chi connectivity index (χ3n) is 4.70. The fourth-order valence-electron chi connectivity index (χ4n) is 3.29. The first kappa shape index (κ1) is 18.6. The van der Waals surface area contributed by atoms with E-state index in [-0.39, 0.29) is 5.97 Å². The van der Waals surface area contributed by atoms with Gasteiger partial charge in [0.2, 0.25) is 0 Å². The number of hydrogen-bond donors (Lipinski definition) is 0. The van der Waals surface area contributed by atoms with Gasteiger partial charge in [0, 0.05) is 28.9 Å². The van der Waals surface area contributed by atoms with Crippen molar-refractivity contribution >= 4 is 17.9 Å².